The predicted octanol–water partition coefficient (Wildman–Crippen LogP) is 0.975. The normalized spacial score (nSPS) is 18.9. The van der Waals surface area contributed by atoms with Crippen LogP contribution in [0.3, 0.4) is 0 Å². The third-order valence-corrected chi connectivity index (χ3v) is 3.88. The Morgan fingerprint density at radius 1 is 1.33 bits per heavy atom. The van der Waals surface area contributed by atoms with Crippen molar-refractivity contribution in [2.75, 3.05) is 13.1 Å². The molecule has 1 aliphatic rings. The number of carbonyl (C=O) groups excluding carboxylic acids is 1. The Bertz CT molecular complexity index is 709. The number of piperidine rings is 1. The molecular formula is C14H16N4O3. The summed E-state index contributed by atoms with van der Waals surface area (Å²) in [4.78, 5) is 25.2. The number of hydrogen-bond acceptors (Lipinski definition) is 4. The first-order chi connectivity index (χ1) is 10.1. The fourth-order valence-corrected chi connectivity index (χ4v) is 2.68. The van der Waals surface area contributed by atoms with Gasteiger partial charge in [-0.3, -0.25) is 14.0 Å². The van der Waals surface area contributed by atoms with E-state index in [-0.39, 0.29) is 12.5 Å². The van der Waals surface area contributed by atoms with E-state index in [1.54, 1.807) is 27.6 Å². The second kappa shape index (κ2) is 5.16. The smallest absolute Gasteiger partial charge is 0.308 e. The summed E-state index contributed by atoms with van der Waals surface area (Å²) >= 11 is 0. The van der Waals surface area contributed by atoms with Crippen LogP contribution in [-0.2, 0) is 4.79 Å². The van der Waals surface area contributed by atoms with Gasteiger partial charge in [0.15, 0.2) is 5.65 Å². The first-order valence-corrected chi connectivity index (χ1v) is 6.90. The lowest BCUT2D eigenvalue weighted by Crippen LogP contribution is -2.42. The van der Waals surface area contributed by atoms with Crippen LogP contribution in [0, 0.1) is 12.8 Å². The van der Waals surface area contributed by atoms with Crippen molar-refractivity contribution in [3.8, 4) is 0 Å². The summed E-state index contributed by atoms with van der Waals surface area (Å²) in [6.07, 6.45) is 3.05. The molecule has 21 heavy (non-hydrogen) atoms. The Morgan fingerprint density at radius 2 is 2.14 bits per heavy atom. The van der Waals surface area contributed by atoms with Crippen LogP contribution in [0.1, 0.15) is 29.0 Å². The average molecular weight is 288 g/mol. The molecule has 1 saturated heterocycles. The molecule has 7 nitrogen and oxygen atoms in total. The van der Waals surface area contributed by atoms with Crippen molar-refractivity contribution in [2.45, 2.75) is 19.8 Å². The summed E-state index contributed by atoms with van der Waals surface area (Å²) in [5, 5.41) is 17.0. The van der Waals surface area contributed by atoms with Crippen LogP contribution in [0.4, 0.5) is 0 Å². The quantitative estimate of drug-likeness (QED) is 0.889. The largest absolute Gasteiger partial charge is 0.481 e. The van der Waals surface area contributed by atoms with Crippen LogP contribution in [-0.4, -0.2) is 49.6 Å². The minimum atomic E-state index is -0.836. The molecule has 0 aliphatic carbocycles. The molecule has 3 rings (SSSR count). The molecule has 7 heteroatoms. The fraction of sp³-hybridized carbons (Fsp3) is 0.429. The number of amides is 1. The van der Waals surface area contributed by atoms with Gasteiger partial charge >= 0.3 is 5.97 Å². The van der Waals surface area contributed by atoms with Crippen LogP contribution in [0.5, 0.6) is 0 Å². The summed E-state index contributed by atoms with van der Waals surface area (Å²) < 4.78 is 1.76. The number of carboxylic acid groups (broad SMARTS) is 1. The third-order valence-electron chi connectivity index (χ3n) is 3.88. The Balaban J connectivity index is 1.85. The summed E-state index contributed by atoms with van der Waals surface area (Å²) in [5.74, 6) is -0.738. The van der Waals surface area contributed by atoms with E-state index in [0.717, 1.165) is 6.42 Å². The van der Waals surface area contributed by atoms with Gasteiger partial charge in [-0.05, 0) is 31.9 Å². The zero-order valence-corrected chi connectivity index (χ0v) is 11.7. The molecule has 3 heterocycles. The first kappa shape index (κ1) is 13.5. The number of carboxylic acids is 1. The average Bonchev–Trinajstić information content (AvgIpc) is 2.87. The number of pyridine rings is 1. The van der Waals surface area contributed by atoms with Gasteiger partial charge in [0.05, 0.1) is 11.5 Å². The minimum absolute atomic E-state index is 0.143. The van der Waals surface area contributed by atoms with Gasteiger partial charge in [0.2, 0.25) is 0 Å². The Labute approximate surface area is 121 Å². The van der Waals surface area contributed by atoms with E-state index in [1.807, 2.05) is 6.92 Å². The molecule has 0 bridgehead atoms. The zero-order valence-electron chi connectivity index (χ0n) is 11.7. The van der Waals surface area contributed by atoms with Crippen molar-refractivity contribution in [2.24, 2.45) is 5.92 Å². The lowest BCUT2D eigenvalue weighted by atomic mass is 9.98. The molecule has 1 fully saturated rings. The number of aryl methyl sites for hydroxylation is 1. The van der Waals surface area contributed by atoms with Gasteiger partial charge in [-0.15, -0.1) is 10.2 Å². The molecule has 0 aromatic carbocycles. The lowest BCUT2D eigenvalue weighted by Gasteiger charge is -2.30. The van der Waals surface area contributed by atoms with Gasteiger partial charge in [-0.25, -0.2) is 0 Å². The number of aliphatic carboxylic acids is 1. The third kappa shape index (κ3) is 2.46. The summed E-state index contributed by atoms with van der Waals surface area (Å²) in [5.41, 5.74) is 1.21. The standard InChI is InChI=1S/C14H16N4O3/c1-9-15-16-12-5-4-10(8-18(9)12)13(19)17-6-2-3-11(7-17)14(20)21/h4-5,8,11H,2-3,6-7H2,1H3,(H,20,21). The fourth-order valence-electron chi connectivity index (χ4n) is 2.68. The van der Waals surface area contributed by atoms with Crippen molar-refractivity contribution in [3.63, 3.8) is 0 Å². The van der Waals surface area contributed by atoms with Crippen molar-refractivity contribution in [1.29, 1.82) is 0 Å². The number of fused-ring (bicyclic) bond motifs is 1. The summed E-state index contributed by atoms with van der Waals surface area (Å²) in [6, 6.07) is 3.45. The van der Waals surface area contributed by atoms with Crippen molar-refractivity contribution >= 4 is 17.5 Å². The minimum Gasteiger partial charge on any atom is -0.481 e. The van der Waals surface area contributed by atoms with Crippen LogP contribution in [0.2, 0.25) is 0 Å². The number of rotatable bonds is 2. The number of likely N-dealkylation sites (tertiary alicyclic amines) is 1. The van der Waals surface area contributed by atoms with E-state index >= 15 is 0 Å². The topological polar surface area (TPSA) is 87.8 Å². The lowest BCUT2D eigenvalue weighted by molar-refractivity contribution is -0.143. The van der Waals surface area contributed by atoms with Gasteiger partial charge in [-0.2, -0.15) is 0 Å². The number of nitrogens with zero attached hydrogens (tertiary/aromatic N) is 4. The molecule has 1 N–H and O–H groups in total. The SMILES string of the molecule is Cc1nnc2ccc(C(=O)N3CCCC(C(=O)O)C3)cn12. The van der Waals surface area contributed by atoms with Crippen molar-refractivity contribution < 1.29 is 14.7 Å². The second-order valence-electron chi connectivity index (χ2n) is 5.32. The second-order valence-corrected chi connectivity index (χ2v) is 5.32. The molecule has 0 radical (unpaired) electrons. The first-order valence-electron chi connectivity index (χ1n) is 6.90. The summed E-state index contributed by atoms with van der Waals surface area (Å²) in [6.45, 7) is 2.69. The van der Waals surface area contributed by atoms with E-state index in [2.05, 4.69) is 10.2 Å². The number of hydrogen-bond donors (Lipinski definition) is 1. The molecular weight excluding hydrogens is 272 g/mol. The predicted molar refractivity (Wildman–Crippen MR) is 74.0 cm³/mol. The molecule has 0 saturated carbocycles. The van der Waals surface area contributed by atoms with Crippen LogP contribution in [0.25, 0.3) is 5.65 Å². The van der Waals surface area contributed by atoms with E-state index in [4.69, 9.17) is 5.11 Å². The monoisotopic (exact) mass is 288 g/mol. The number of carbonyl (C=O) groups is 2. The molecule has 110 valence electrons. The van der Waals surface area contributed by atoms with E-state index < -0.39 is 11.9 Å². The van der Waals surface area contributed by atoms with E-state index in [1.165, 1.54) is 0 Å². The molecule has 2 aromatic heterocycles. The van der Waals surface area contributed by atoms with E-state index in [9.17, 15) is 9.59 Å². The Kier molecular flexibility index (Phi) is 3.32. The Morgan fingerprint density at radius 3 is 2.90 bits per heavy atom. The maximum absolute atomic E-state index is 12.5. The molecule has 0 spiro atoms. The van der Waals surface area contributed by atoms with Crippen LogP contribution in [0.15, 0.2) is 18.3 Å². The van der Waals surface area contributed by atoms with Crippen molar-refractivity contribution in [3.05, 3.63) is 29.7 Å². The maximum Gasteiger partial charge on any atom is 0.308 e. The Hall–Kier alpha value is -2.44. The summed E-state index contributed by atoms with van der Waals surface area (Å²) in [7, 11) is 0. The highest BCUT2D eigenvalue weighted by Crippen LogP contribution is 2.19. The molecule has 1 amide bonds. The van der Waals surface area contributed by atoms with Crippen LogP contribution >= 0.6 is 0 Å². The highest BCUT2D eigenvalue weighted by molar-refractivity contribution is 5.94. The van der Waals surface area contributed by atoms with Crippen molar-refractivity contribution in [1.82, 2.24) is 19.5 Å². The molecule has 1 atom stereocenters. The maximum atomic E-state index is 12.5. The van der Waals surface area contributed by atoms with Gasteiger partial charge in [0.25, 0.3) is 5.91 Å². The zero-order chi connectivity index (χ0) is 15.0. The van der Waals surface area contributed by atoms with Gasteiger partial charge < -0.3 is 10.0 Å². The molecule has 1 aliphatic heterocycles. The molecule has 2 aromatic rings. The highest BCUT2D eigenvalue weighted by Gasteiger charge is 2.28. The van der Waals surface area contributed by atoms with Crippen LogP contribution < -0.4 is 0 Å². The van der Waals surface area contributed by atoms with E-state index in [0.29, 0.717) is 30.0 Å². The molecule has 1 unspecified atom stereocenters. The van der Waals surface area contributed by atoms with Gasteiger partial charge in [0, 0.05) is 19.3 Å². The number of aromatic nitrogens is 3. The highest BCUT2D eigenvalue weighted by atomic mass is 16.4. The van der Waals surface area contributed by atoms with Gasteiger partial charge in [0.1, 0.15) is 5.82 Å². The van der Waals surface area contributed by atoms with Gasteiger partial charge in [-0.1, -0.05) is 0 Å².